The van der Waals surface area contributed by atoms with Crippen LogP contribution in [-0.4, -0.2) is 33.6 Å². The summed E-state index contributed by atoms with van der Waals surface area (Å²) >= 11 is 0. The van der Waals surface area contributed by atoms with Crippen LogP contribution in [-0.2, 0) is 11.2 Å². The number of nitrogens with zero attached hydrogens (tertiary/aromatic N) is 3. The second kappa shape index (κ2) is 7.59. The van der Waals surface area contributed by atoms with Crippen LogP contribution in [0.15, 0.2) is 34.8 Å². The molecule has 2 aromatic rings. The van der Waals surface area contributed by atoms with Gasteiger partial charge in [0.2, 0.25) is 17.7 Å². The van der Waals surface area contributed by atoms with Crippen LogP contribution in [0.3, 0.4) is 0 Å². The molecule has 1 fully saturated rings. The maximum absolute atomic E-state index is 12.9. The van der Waals surface area contributed by atoms with Gasteiger partial charge in [-0.25, -0.2) is 4.39 Å². The molecular formula is C19H22FN3O2. The lowest BCUT2D eigenvalue weighted by Crippen LogP contribution is -2.44. The van der Waals surface area contributed by atoms with Crippen LogP contribution in [0.1, 0.15) is 50.0 Å². The average molecular weight is 343 g/mol. The predicted octanol–water partition coefficient (Wildman–Crippen LogP) is 3.58. The van der Waals surface area contributed by atoms with E-state index in [1.54, 1.807) is 19.1 Å². The summed E-state index contributed by atoms with van der Waals surface area (Å²) in [7, 11) is 0. The first-order chi connectivity index (χ1) is 12.0. The summed E-state index contributed by atoms with van der Waals surface area (Å²) in [5.41, 5.74) is 0.916. The van der Waals surface area contributed by atoms with Gasteiger partial charge in [-0.15, -0.1) is 10.2 Å². The molecular weight excluding hydrogens is 321 g/mol. The van der Waals surface area contributed by atoms with Crippen LogP contribution in [0.4, 0.5) is 4.39 Å². The van der Waals surface area contributed by atoms with E-state index in [4.69, 9.17) is 4.42 Å². The Balaban J connectivity index is 1.64. The highest BCUT2D eigenvalue weighted by molar-refractivity contribution is 5.73. The molecule has 2 heterocycles. The van der Waals surface area contributed by atoms with E-state index in [1.807, 2.05) is 24.0 Å². The minimum atomic E-state index is -0.250. The van der Waals surface area contributed by atoms with Crippen LogP contribution in [0.2, 0.25) is 0 Å². The minimum Gasteiger partial charge on any atom is -0.425 e. The Morgan fingerprint density at radius 3 is 2.84 bits per heavy atom. The molecule has 3 rings (SSSR count). The number of likely N-dealkylation sites (tertiary alicyclic amines) is 1. The molecule has 0 bridgehead atoms. The Labute approximate surface area is 146 Å². The Morgan fingerprint density at radius 2 is 2.12 bits per heavy atom. The van der Waals surface area contributed by atoms with Crippen LogP contribution < -0.4 is 0 Å². The predicted molar refractivity (Wildman–Crippen MR) is 92.3 cm³/mol. The summed E-state index contributed by atoms with van der Waals surface area (Å²) in [6, 6.07) is 6.34. The number of carbonyl (C=O) groups is 1. The van der Waals surface area contributed by atoms with Gasteiger partial charge in [0.05, 0.1) is 5.92 Å². The van der Waals surface area contributed by atoms with Crippen molar-refractivity contribution in [2.45, 2.75) is 45.1 Å². The van der Waals surface area contributed by atoms with Crippen molar-refractivity contribution in [3.05, 3.63) is 53.5 Å². The van der Waals surface area contributed by atoms with Crippen molar-refractivity contribution in [2.75, 3.05) is 6.54 Å². The quantitative estimate of drug-likeness (QED) is 0.851. The number of carbonyl (C=O) groups excluding carboxylic acids is 1. The summed E-state index contributed by atoms with van der Waals surface area (Å²) in [6.45, 7) is 4.41. The molecule has 0 unspecified atom stereocenters. The molecule has 0 N–H and O–H groups in total. The van der Waals surface area contributed by atoms with E-state index in [0.29, 0.717) is 18.2 Å². The molecule has 1 aromatic carbocycles. The van der Waals surface area contributed by atoms with Gasteiger partial charge in [0, 0.05) is 25.9 Å². The van der Waals surface area contributed by atoms with Crippen molar-refractivity contribution in [1.82, 2.24) is 15.1 Å². The lowest BCUT2D eigenvalue weighted by Gasteiger charge is -2.37. The molecule has 1 saturated heterocycles. The van der Waals surface area contributed by atoms with Gasteiger partial charge in [-0.05, 0) is 37.5 Å². The highest BCUT2D eigenvalue weighted by Crippen LogP contribution is 2.31. The van der Waals surface area contributed by atoms with Crippen molar-refractivity contribution in [1.29, 1.82) is 0 Å². The second-order valence-electron chi connectivity index (χ2n) is 6.39. The molecule has 1 aliphatic rings. The van der Waals surface area contributed by atoms with E-state index >= 15 is 0 Å². The number of rotatable bonds is 4. The van der Waals surface area contributed by atoms with Crippen LogP contribution in [0, 0.1) is 5.82 Å². The zero-order valence-corrected chi connectivity index (χ0v) is 14.5. The van der Waals surface area contributed by atoms with E-state index in [9.17, 15) is 9.18 Å². The molecule has 2 atom stereocenters. The van der Waals surface area contributed by atoms with E-state index in [0.717, 1.165) is 24.9 Å². The average Bonchev–Trinajstić information content (AvgIpc) is 3.05. The lowest BCUT2D eigenvalue weighted by atomic mass is 9.90. The molecule has 1 amide bonds. The van der Waals surface area contributed by atoms with Crippen molar-refractivity contribution in [3.8, 4) is 0 Å². The van der Waals surface area contributed by atoms with Gasteiger partial charge < -0.3 is 9.32 Å². The van der Waals surface area contributed by atoms with E-state index < -0.39 is 0 Å². The number of hydrogen-bond acceptors (Lipinski definition) is 4. The molecule has 25 heavy (non-hydrogen) atoms. The zero-order valence-electron chi connectivity index (χ0n) is 14.5. The molecule has 1 aromatic heterocycles. The van der Waals surface area contributed by atoms with Gasteiger partial charge in [0.25, 0.3) is 0 Å². The van der Waals surface area contributed by atoms with Gasteiger partial charge in [0.15, 0.2) is 0 Å². The maximum Gasteiger partial charge on any atom is 0.221 e. The fourth-order valence-corrected chi connectivity index (χ4v) is 3.29. The summed E-state index contributed by atoms with van der Waals surface area (Å²) < 4.78 is 18.7. The van der Waals surface area contributed by atoms with Crippen molar-refractivity contribution in [3.63, 3.8) is 0 Å². The molecule has 132 valence electrons. The third-order valence-electron chi connectivity index (χ3n) is 4.66. The third-order valence-corrected chi connectivity index (χ3v) is 4.66. The minimum absolute atomic E-state index is 0.0642. The first-order valence-electron chi connectivity index (χ1n) is 8.56. The highest BCUT2D eigenvalue weighted by Gasteiger charge is 2.33. The van der Waals surface area contributed by atoms with E-state index in [-0.39, 0.29) is 23.7 Å². The summed E-state index contributed by atoms with van der Waals surface area (Å²) in [6.07, 6.45) is 6.21. The Bertz CT molecular complexity index is 754. The Morgan fingerprint density at radius 1 is 1.36 bits per heavy atom. The number of benzene rings is 1. The van der Waals surface area contributed by atoms with Gasteiger partial charge in [-0.3, -0.25) is 4.79 Å². The molecule has 1 aliphatic heterocycles. The number of aromatic nitrogens is 2. The maximum atomic E-state index is 12.9. The van der Waals surface area contributed by atoms with Gasteiger partial charge >= 0.3 is 0 Å². The fourth-order valence-electron chi connectivity index (χ4n) is 3.29. The lowest BCUT2D eigenvalue weighted by molar-refractivity contribution is -0.132. The monoisotopic (exact) mass is 343 g/mol. The van der Waals surface area contributed by atoms with Crippen molar-refractivity contribution in [2.24, 2.45) is 0 Å². The molecule has 0 radical (unpaired) electrons. The number of hydrogen-bond donors (Lipinski definition) is 0. The van der Waals surface area contributed by atoms with Crippen LogP contribution >= 0.6 is 0 Å². The molecule has 0 aliphatic carbocycles. The van der Waals surface area contributed by atoms with Gasteiger partial charge in [-0.1, -0.05) is 24.3 Å². The Hall–Kier alpha value is -2.50. The summed E-state index contributed by atoms with van der Waals surface area (Å²) in [5, 5.41) is 8.29. The third kappa shape index (κ3) is 4.13. The van der Waals surface area contributed by atoms with Crippen molar-refractivity contribution < 1.29 is 13.6 Å². The molecule has 0 spiro atoms. The molecule has 0 saturated carbocycles. The zero-order chi connectivity index (χ0) is 17.8. The van der Waals surface area contributed by atoms with Gasteiger partial charge in [-0.2, -0.15) is 0 Å². The first-order valence-corrected chi connectivity index (χ1v) is 8.56. The number of halogens is 1. The largest absolute Gasteiger partial charge is 0.425 e. The Kier molecular flexibility index (Phi) is 5.26. The van der Waals surface area contributed by atoms with Crippen molar-refractivity contribution >= 4 is 12.0 Å². The van der Waals surface area contributed by atoms with Crippen LogP contribution in [0.5, 0.6) is 0 Å². The highest BCUT2D eigenvalue weighted by atomic mass is 19.1. The van der Waals surface area contributed by atoms with E-state index in [1.165, 1.54) is 12.1 Å². The molecule has 6 heteroatoms. The second-order valence-corrected chi connectivity index (χ2v) is 6.39. The fraction of sp³-hybridized carbons (Fsp3) is 0.421. The standard InChI is InChI=1S/C19H22FN3O2/c1-13-17(6-4-12-23(13)14(2)24)19-22-21-18(25-19)7-3-5-15-8-10-16(20)11-9-15/h3,5,8-11,13,17H,4,6-7,12H2,1-2H3/b5-3+/t13-,17-/m0/s1. The SMILES string of the molecule is CC(=O)N1CCC[C@H](c2nnc(C/C=C/c3ccc(F)cc3)o2)[C@@H]1C. The number of piperidine rings is 1. The first kappa shape index (κ1) is 17.3. The normalized spacial score (nSPS) is 21.0. The van der Waals surface area contributed by atoms with Crippen LogP contribution in [0.25, 0.3) is 6.08 Å². The molecule has 5 nitrogen and oxygen atoms in total. The summed E-state index contributed by atoms with van der Waals surface area (Å²) in [5.74, 6) is 1.06. The number of amides is 1. The number of allylic oxidation sites excluding steroid dienone is 1. The van der Waals surface area contributed by atoms with Gasteiger partial charge in [0.1, 0.15) is 5.82 Å². The summed E-state index contributed by atoms with van der Waals surface area (Å²) in [4.78, 5) is 13.6. The topological polar surface area (TPSA) is 59.2 Å². The smallest absolute Gasteiger partial charge is 0.221 e. The van der Waals surface area contributed by atoms with E-state index in [2.05, 4.69) is 10.2 Å².